The quantitative estimate of drug-likeness (QED) is 0.878. The molecular formula is C18H25ClN2O3. The Morgan fingerprint density at radius 3 is 2.79 bits per heavy atom. The molecule has 5 nitrogen and oxygen atoms in total. The minimum Gasteiger partial charge on any atom is -0.490 e. The molecule has 2 rings (SSSR count). The molecule has 1 heterocycles. The first kappa shape index (κ1) is 18.6. The molecule has 24 heavy (non-hydrogen) atoms. The largest absolute Gasteiger partial charge is 0.490 e. The van der Waals surface area contributed by atoms with Crippen LogP contribution in [0.4, 0.5) is 5.69 Å². The van der Waals surface area contributed by atoms with Crippen LogP contribution in [0.1, 0.15) is 40.0 Å². The van der Waals surface area contributed by atoms with Gasteiger partial charge in [0.2, 0.25) is 11.8 Å². The summed E-state index contributed by atoms with van der Waals surface area (Å²) < 4.78 is 5.54. The third-order valence-electron chi connectivity index (χ3n) is 4.10. The summed E-state index contributed by atoms with van der Waals surface area (Å²) in [5.41, 5.74) is 0.539. The van der Waals surface area contributed by atoms with Gasteiger partial charge in [-0.15, -0.1) is 0 Å². The van der Waals surface area contributed by atoms with Crippen LogP contribution in [0.2, 0.25) is 5.02 Å². The Bertz CT molecular complexity index is 604. The molecule has 2 amide bonds. The third-order valence-corrected chi connectivity index (χ3v) is 4.39. The first-order valence-electron chi connectivity index (χ1n) is 8.48. The second-order valence-corrected chi connectivity index (χ2v) is 6.64. The highest BCUT2D eigenvalue weighted by Crippen LogP contribution is 2.33. The number of nitrogens with one attached hydrogen (secondary N) is 1. The Kier molecular flexibility index (Phi) is 6.49. The molecular weight excluding hydrogens is 328 g/mol. The van der Waals surface area contributed by atoms with Crippen LogP contribution in [0.25, 0.3) is 0 Å². The van der Waals surface area contributed by atoms with Gasteiger partial charge in [-0.3, -0.25) is 9.59 Å². The Labute approximate surface area is 148 Å². The molecule has 1 atom stereocenters. The van der Waals surface area contributed by atoms with Crippen molar-refractivity contribution in [2.75, 3.05) is 18.5 Å². The molecule has 1 aromatic rings. The number of ether oxygens (including phenoxy) is 1. The number of likely N-dealkylation sites (tertiary alicyclic amines) is 1. The summed E-state index contributed by atoms with van der Waals surface area (Å²) in [4.78, 5) is 26.9. The smallest absolute Gasteiger partial charge is 0.247 e. The molecule has 132 valence electrons. The van der Waals surface area contributed by atoms with Gasteiger partial charge in [-0.25, -0.2) is 0 Å². The lowest BCUT2D eigenvalue weighted by molar-refractivity contribution is -0.142. The maximum Gasteiger partial charge on any atom is 0.247 e. The number of rotatable bonds is 5. The highest BCUT2D eigenvalue weighted by Gasteiger charge is 2.33. The van der Waals surface area contributed by atoms with Gasteiger partial charge in [0.05, 0.1) is 17.3 Å². The molecule has 1 aliphatic heterocycles. The lowest BCUT2D eigenvalue weighted by atomic mass is 9.99. The van der Waals surface area contributed by atoms with Crippen LogP contribution in [0.5, 0.6) is 5.75 Å². The summed E-state index contributed by atoms with van der Waals surface area (Å²) in [6, 6.07) is 4.80. The average Bonchev–Trinajstić information content (AvgIpc) is 2.57. The van der Waals surface area contributed by atoms with E-state index in [-0.39, 0.29) is 17.7 Å². The lowest BCUT2D eigenvalue weighted by Crippen LogP contribution is -2.51. The summed E-state index contributed by atoms with van der Waals surface area (Å²) in [6.45, 7) is 6.65. The van der Waals surface area contributed by atoms with Gasteiger partial charge in [0.25, 0.3) is 0 Å². The Morgan fingerprint density at radius 1 is 1.38 bits per heavy atom. The summed E-state index contributed by atoms with van der Waals surface area (Å²) >= 11 is 6.16. The number of amides is 2. The number of carbonyl (C=O) groups is 2. The van der Waals surface area contributed by atoms with Crippen molar-refractivity contribution in [3.63, 3.8) is 0 Å². The molecule has 6 heteroatoms. The van der Waals surface area contributed by atoms with Crippen molar-refractivity contribution >= 4 is 29.1 Å². The number of hydrogen-bond donors (Lipinski definition) is 1. The number of halogens is 1. The van der Waals surface area contributed by atoms with Crippen molar-refractivity contribution in [3.05, 3.63) is 23.2 Å². The van der Waals surface area contributed by atoms with Gasteiger partial charge in [0.15, 0.2) is 5.75 Å². The number of benzene rings is 1. The molecule has 1 aromatic carbocycles. The van der Waals surface area contributed by atoms with E-state index in [1.807, 2.05) is 20.8 Å². The lowest BCUT2D eigenvalue weighted by Gasteiger charge is -2.36. The van der Waals surface area contributed by atoms with Crippen molar-refractivity contribution in [3.8, 4) is 5.75 Å². The van der Waals surface area contributed by atoms with Crippen LogP contribution in [-0.4, -0.2) is 35.9 Å². The second kappa shape index (κ2) is 8.38. The SMILES string of the molecule is CCOc1c(Cl)cccc1NC(=O)C1CCCCN1C(=O)C(C)C. The number of anilines is 1. The Hall–Kier alpha value is -1.75. The zero-order chi connectivity index (χ0) is 17.7. The maximum atomic E-state index is 12.8. The number of nitrogens with zero attached hydrogens (tertiary/aromatic N) is 1. The normalized spacial score (nSPS) is 17.7. The Balaban J connectivity index is 2.19. The van der Waals surface area contributed by atoms with Gasteiger partial charge in [0.1, 0.15) is 6.04 Å². The standard InChI is InChI=1S/C18H25ClN2O3/c1-4-24-16-13(19)8-7-9-14(16)20-17(22)15-10-5-6-11-21(15)18(23)12(2)3/h7-9,12,15H,4-6,10-11H2,1-3H3,(H,20,22). The van der Waals surface area contributed by atoms with E-state index in [9.17, 15) is 9.59 Å². The number of para-hydroxylation sites is 1. The Morgan fingerprint density at radius 2 is 2.12 bits per heavy atom. The van der Waals surface area contributed by atoms with Crippen LogP contribution in [0, 0.1) is 5.92 Å². The predicted octanol–water partition coefficient (Wildman–Crippen LogP) is 3.71. The first-order chi connectivity index (χ1) is 11.5. The number of hydrogen-bond acceptors (Lipinski definition) is 3. The molecule has 1 saturated heterocycles. The van der Waals surface area contributed by atoms with Crippen molar-refractivity contribution in [2.45, 2.75) is 46.1 Å². The van der Waals surface area contributed by atoms with Crippen LogP contribution < -0.4 is 10.1 Å². The van der Waals surface area contributed by atoms with E-state index < -0.39 is 6.04 Å². The molecule has 1 unspecified atom stereocenters. The van der Waals surface area contributed by atoms with Gasteiger partial charge in [-0.2, -0.15) is 0 Å². The second-order valence-electron chi connectivity index (χ2n) is 6.24. The molecule has 1 aliphatic rings. The summed E-state index contributed by atoms with van der Waals surface area (Å²) in [5, 5.41) is 3.34. The first-order valence-corrected chi connectivity index (χ1v) is 8.86. The van der Waals surface area contributed by atoms with Gasteiger partial charge >= 0.3 is 0 Å². The van der Waals surface area contributed by atoms with Gasteiger partial charge in [0, 0.05) is 12.5 Å². The number of carbonyl (C=O) groups excluding carboxylic acids is 2. The molecule has 0 radical (unpaired) electrons. The molecule has 0 bridgehead atoms. The summed E-state index contributed by atoms with van der Waals surface area (Å²) in [6.07, 6.45) is 2.55. The minimum absolute atomic E-state index is 0.0194. The van der Waals surface area contributed by atoms with Crippen molar-refractivity contribution in [2.24, 2.45) is 5.92 Å². The fourth-order valence-electron chi connectivity index (χ4n) is 2.91. The van der Waals surface area contributed by atoms with E-state index in [1.165, 1.54) is 0 Å². The predicted molar refractivity (Wildman–Crippen MR) is 95.4 cm³/mol. The molecule has 1 N–H and O–H groups in total. The maximum absolute atomic E-state index is 12.8. The van der Waals surface area contributed by atoms with E-state index in [0.29, 0.717) is 36.0 Å². The topological polar surface area (TPSA) is 58.6 Å². The van der Waals surface area contributed by atoms with Crippen LogP contribution in [0.15, 0.2) is 18.2 Å². The zero-order valence-corrected chi connectivity index (χ0v) is 15.2. The average molecular weight is 353 g/mol. The minimum atomic E-state index is -0.442. The molecule has 1 fully saturated rings. The highest BCUT2D eigenvalue weighted by molar-refractivity contribution is 6.32. The summed E-state index contributed by atoms with van der Waals surface area (Å²) in [7, 11) is 0. The molecule has 0 saturated carbocycles. The fraction of sp³-hybridized carbons (Fsp3) is 0.556. The van der Waals surface area contributed by atoms with E-state index in [0.717, 1.165) is 12.8 Å². The van der Waals surface area contributed by atoms with Gasteiger partial charge in [-0.05, 0) is 38.3 Å². The molecule has 0 aliphatic carbocycles. The van der Waals surface area contributed by atoms with Crippen LogP contribution in [-0.2, 0) is 9.59 Å². The van der Waals surface area contributed by atoms with E-state index >= 15 is 0 Å². The highest BCUT2D eigenvalue weighted by atomic mass is 35.5. The zero-order valence-electron chi connectivity index (χ0n) is 14.5. The third kappa shape index (κ3) is 4.20. The number of piperidine rings is 1. The van der Waals surface area contributed by atoms with Crippen molar-refractivity contribution in [1.29, 1.82) is 0 Å². The van der Waals surface area contributed by atoms with Crippen molar-refractivity contribution < 1.29 is 14.3 Å². The van der Waals surface area contributed by atoms with Crippen LogP contribution >= 0.6 is 11.6 Å². The fourth-order valence-corrected chi connectivity index (χ4v) is 3.14. The van der Waals surface area contributed by atoms with Crippen molar-refractivity contribution in [1.82, 2.24) is 4.90 Å². The molecule has 0 aromatic heterocycles. The monoisotopic (exact) mass is 352 g/mol. The van der Waals surface area contributed by atoms with Gasteiger partial charge < -0.3 is 15.0 Å². The van der Waals surface area contributed by atoms with E-state index in [1.54, 1.807) is 23.1 Å². The van der Waals surface area contributed by atoms with E-state index in [4.69, 9.17) is 16.3 Å². The van der Waals surface area contributed by atoms with Gasteiger partial charge in [-0.1, -0.05) is 31.5 Å². The summed E-state index contributed by atoms with van der Waals surface area (Å²) in [5.74, 6) is 0.175. The van der Waals surface area contributed by atoms with E-state index in [2.05, 4.69) is 5.32 Å². The van der Waals surface area contributed by atoms with Crippen LogP contribution in [0.3, 0.4) is 0 Å². The molecule has 0 spiro atoms.